The summed E-state index contributed by atoms with van der Waals surface area (Å²) in [5, 5.41) is 13.1. The minimum atomic E-state index is -0.168. The number of likely N-dealkylation sites (tertiary alicyclic amines) is 1. The van der Waals surface area contributed by atoms with Gasteiger partial charge in [0.25, 0.3) is 5.56 Å². The van der Waals surface area contributed by atoms with E-state index in [1.807, 2.05) is 12.1 Å². The monoisotopic (exact) mass is 710 g/mol. The van der Waals surface area contributed by atoms with Gasteiger partial charge >= 0.3 is 0 Å². The number of unbranched alkanes of at least 4 members (excludes halogenated alkanes) is 1. The lowest BCUT2D eigenvalue weighted by Gasteiger charge is -2.32. The van der Waals surface area contributed by atoms with Crippen LogP contribution in [0.5, 0.6) is 11.5 Å². The zero-order valence-corrected chi connectivity index (χ0v) is 30.5. The average molecular weight is 711 g/mol. The second kappa shape index (κ2) is 17.0. The molecule has 12 heteroatoms. The van der Waals surface area contributed by atoms with E-state index in [2.05, 4.69) is 50.0 Å². The van der Waals surface area contributed by atoms with Crippen molar-refractivity contribution in [2.75, 3.05) is 40.4 Å². The number of aromatic amines is 1. The number of rotatable bonds is 15. The first-order valence-corrected chi connectivity index (χ1v) is 18.4. The van der Waals surface area contributed by atoms with Crippen molar-refractivity contribution in [2.45, 2.75) is 70.1 Å². The van der Waals surface area contributed by atoms with E-state index in [0.29, 0.717) is 68.0 Å². The van der Waals surface area contributed by atoms with Crippen LogP contribution in [0.3, 0.4) is 0 Å². The highest BCUT2D eigenvalue weighted by Crippen LogP contribution is 2.38. The molecule has 0 bridgehead atoms. The predicted octanol–water partition coefficient (Wildman–Crippen LogP) is 4.64. The Morgan fingerprint density at radius 2 is 1.71 bits per heavy atom. The molecule has 4 heterocycles. The Bertz CT molecular complexity index is 1920. The number of carbonyl (C=O) groups is 3. The molecule has 2 fully saturated rings. The number of nitrogens with one attached hydrogen (secondary N) is 3. The number of ether oxygens (including phenoxy) is 2. The number of imide groups is 1. The number of hydrogen-bond donors (Lipinski definition) is 3. The molecule has 2 aliphatic rings. The van der Waals surface area contributed by atoms with Gasteiger partial charge in [0.05, 0.1) is 20.4 Å². The van der Waals surface area contributed by atoms with Crippen LogP contribution in [0.2, 0.25) is 0 Å². The third-order valence-corrected chi connectivity index (χ3v) is 10.6. The number of piperidine rings is 2. The molecule has 0 spiro atoms. The predicted molar refractivity (Wildman–Crippen MR) is 199 cm³/mol. The summed E-state index contributed by atoms with van der Waals surface area (Å²) in [6.07, 6.45) is 11.1. The SMILES string of the molecule is COc1cc(-c2cn(C)c(=O)c3[nH]ncc23)cc(OC)c1CCCC(=O)NCCCCN1CCC(c2ccc(CC3CCC(=O)NC3=O)cc2)CC1. The van der Waals surface area contributed by atoms with Crippen LogP contribution in [0.15, 0.2) is 53.6 Å². The van der Waals surface area contributed by atoms with Crippen molar-refractivity contribution < 1.29 is 23.9 Å². The summed E-state index contributed by atoms with van der Waals surface area (Å²) in [6.45, 7) is 3.85. The molecule has 2 aromatic heterocycles. The number of carbonyl (C=O) groups excluding carboxylic acids is 3. The summed E-state index contributed by atoms with van der Waals surface area (Å²) in [5.74, 6) is 1.50. The fourth-order valence-electron chi connectivity index (χ4n) is 7.60. The van der Waals surface area contributed by atoms with Crippen LogP contribution in [0.25, 0.3) is 22.0 Å². The highest BCUT2D eigenvalue weighted by atomic mass is 16.5. The van der Waals surface area contributed by atoms with Gasteiger partial charge in [0.1, 0.15) is 17.0 Å². The Labute approximate surface area is 304 Å². The van der Waals surface area contributed by atoms with Crippen LogP contribution in [0.4, 0.5) is 0 Å². The fourth-order valence-corrected chi connectivity index (χ4v) is 7.60. The van der Waals surface area contributed by atoms with Crippen molar-refractivity contribution >= 4 is 28.6 Å². The van der Waals surface area contributed by atoms with Crippen LogP contribution in [-0.4, -0.2) is 77.8 Å². The van der Waals surface area contributed by atoms with Crippen molar-refractivity contribution in [3.8, 4) is 22.6 Å². The van der Waals surface area contributed by atoms with Crippen LogP contribution >= 0.6 is 0 Å². The Morgan fingerprint density at radius 3 is 2.40 bits per heavy atom. The van der Waals surface area contributed by atoms with E-state index < -0.39 is 0 Å². The molecule has 12 nitrogen and oxygen atoms in total. The average Bonchev–Trinajstić information content (AvgIpc) is 3.65. The number of aryl methyl sites for hydroxylation is 1. The Balaban J connectivity index is 0.890. The summed E-state index contributed by atoms with van der Waals surface area (Å²) >= 11 is 0. The van der Waals surface area contributed by atoms with E-state index >= 15 is 0 Å². The minimum Gasteiger partial charge on any atom is -0.496 e. The molecule has 2 aliphatic heterocycles. The van der Waals surface area contributed by atoms with E-state index in [4.69, 9.17) is 9.47 Å². The molecule has 1 unspecified atom stereocenters. The second-order valence-corrected chi connectivity index (χ2v) is 14.1. The molecule has 2 saturated heterocycles. The summed E-state index contributed by atoms with van der Waals surface area (Å²) in [7, 11) is 4.96. The van der Waals surface area contributed by atoms with Gasteiger partial charge in [0.15, 0.2) is 0 Å². The van der Waals surface area contributed by atoms with Gasteiger partial charge in [-0.05, 0) is 106 Å². The normalized spacial score (nSPS) is 16.9. The molecule has 4 aromatic rings. The molecular formula is C40H50N6O6. The van der Waals surface area contributed by atoms with Crippen LogP contribution < -0.4 is 25.7 Å². The molecule has 1 atom stereocenters. The Hall–Kier alpha value is -4.97. The highest BCUT2D eigenvalue weighted by Gasteiger charge is 2.27. The molecule has 0 aliphatic carbocycles. The van der Waals surface area contributed by atoms with Gasteiger partial charge in [-0.1, -0.05) is 24.3 Å². The number of aromatic nitrogens is 3. The molecule has 276 valence electrons. The lowest BCUT2D eigenvalue weighted by molar-refractivity contribution is -0.136. The van der Waals surface area contributed by atoms with E-state index in [9.17, 15) is 19.2 Å². The molecular weight excluding hydrogens is 660 g/mol. The summed E-state index contributed by atoms with van der Waals surface area (Å²) in [6, 6.07) is 12.6. The molecule has 6 rings (SSSR count). The largest absolute Gasteiger partial charge is 0.496 e. The van der Waals surface area contributed by atoms with E-state index in [1.165, 1.54) is 10.1 Å². The number of H-pyrrole nitrogens is 1. The number of pyridine rings is 1. The van der Waals surface area contributed by atoms with Crippen molar-refractivity contribution in [3.63, 3.8) is 0 Å². The first-order valence-electron chi connectivity index (χ1n) is 18.4. The van der Waals surface area contributed by atoms with Gasteiger partial charge in [-0.3, -0.25) is 29.6 Å². The van der Waals surface area contributed by atoms with Crippen molar-refractivity contribution in [1.29, 1.82) is 0 Å². The minimum absolute atomic E-state index is 0.0473. The zero-order valence-electron chi connectivity index (χ0n) is 30.5. The topological polar surface area (TPSA) is 148 Å². The zero-order chi connectivity index (χ0) is 36.6. The Kier molecular flexibility index (Phi) is 12.1. The number of hydrogen-bond acceptors (Lipinski definition) is 8. The van der Waals surface area contributed by atoms with Crippen LogP contribution in [0, 0.1) is 5.92 Å². The standard InChI is InChI=1S/C40H50N6O6/c1-45-25-33(32-24-42-44-38(32)40(45)50)30-22-34(51-2)31(35(23-30)52-3)7-6-8-36(47)41-17-4-5-18-46-19-15-28(16-20-46)27-11-9-26(10-12-27)21-29-13-14-37(48)43-39(29)49/h9-12,22-25,28-29H,4-8,13-21H2,1-3H3,(H,41,47)(H,42,44)(H,43,48,49). The number of nitrogens with zero attached hydrogens (tertiary/aromatic N) is 3. The quantitative estimate of drug-likeness (QED) is 0.120. The van der Waals surface area contributed by atoms with Gasteiger partial charge in [0.2, 0.25) is 17.7 Å². The third-order valence-electron chi connectivity index (χ3n) is 10.6. The van der Waals surface area contributed by atoms with Gasteiger partial charge in [-0.25, -0.2) is 0 Å². The molecule has 0 saturated carbocycles. The highest BCUT2D eigenvalue weighted by molar-refractivity contribution is 5.98. The number of fused-ring (bicyclic) bond motifs is 1. The lowest BCUT2D eigenvalue weighted by atomic mass is 9.87. The first-order chi connectivity index (χ1) is 25.2. The van der Waals surface area contributed by atoms with Crippen LogP contribution in [-0.2, 0) is 34.3 Å². The van der Waals surface area contributed by atoms with Crippen LogP contribution in [0.1, 0.15) is 74.0 Å². The summed E-state index contributed by atoms with van der Waals surface area (Å²) in [4.78, 5) is 51.3. The maximum atomic E-state index is 12.7. The van der Waals surface area contributed by atoms with Gasteiger partial charge in [-0.2, -0.15) is 5.10 Å². The van der Waals surface area contributed by atoms with Crippen molar-refractivity contribution in [3.05, 3.63) is 75.8 Å². The molecule has 3 N–H and O–H groups in total. The van der Waals surface area contributed by atoms with Crippen molar-refractivity contribution in [2.24, 2.45) is 13.0 Å². The summed E-state index contributed by atoms with van der Waals surface area (Å²) < 4.78 is 13.1. The number of amides is 3. The first kappa shape index (κ1) is 36.8. The van der Waals surface area contributed by atoms with Gasteiger partial charge in [-0.15, -0.1) is 0 Å². The molecule has 3 amide bonds. The van der Waals surface area contributed by atoms with Crippen molar-refractivity contribution in [1.82, 2.24) is 30.3 Å². The lowest BCUT2D eigenvalue weighted by Crippen LogP contribution is -2.41. The van der Waals surface area contributed by atoms with E-state index in [-0.39, 0.29) is 29.2 Å². The van der Waals surface area contributed by atoms with Gasteiger partial charge < -0.3 is 24.3 Å². The third kappa shape index (κ3) is 8.72. The maximum absolute atomic E-state index is 12.7. The van der Waals surface area contributed by atoms with Gasteiger partial charge in [0, 0.05) is 55.1 Å². The second-order valence-electron chi connectivity index (χ2n) is 14.1. The maximum Gasteiger partial charge on any atom is 0.276 e. The molecule has 2 aromatic carbocycles. The van der Waals surface area contributed by atoms with E-state index in [1.54, 1.807) is 33.7 Å². The molecule has 0 radical (unpaired) electrons. The number of methoxy groups -OCH3 is 2. The smallest absolute Gasteiger partial charge is 0.276 e. The summed E-state index contributed by atoms with van der Waals surface area (Å²) in [5.41, 5.74) is 5.39. The van der Waals surface area contributed by atoms with E-state index in [0.717, 1.165) is 73.0 Å². The molecule has 52 heavy (non-hydrogen) atoms. The fraction of sp³-hybridized carbons (Fsp3) is 0.475. The Morgan fingerprint density at radius 1 is 0.981 bits per heavy atom. The number of benzene rings is 2.